The van der Waals surface area contributed by atoms with Crippen LogP contribution in [0.5, 0.6) is 0 Å². The fraction of sp³-hybridized carbons (Fsp3) is 0.250. The number of hydrogen-bond donors (Lipinski definition) is 1. The van der Waals surface area contributed by atoms with E-state index in [-0.39, 0.29) is 5.91 Å². The van der Waals surface area contributed by atoms with Crippen LogP contribution in [-0.4, -0.2) is 33.0 Å². The molecule has 2 aromatic rings. The lowest BCUT2D eigenvalue weighted by atomic mass is 10.1. The molecule has 0 atom stereocenters. The second-order valence-electron chi connectivity index (χ2n) is 4.11. The molecule has 5 nitrogen and oxygen atoms in total. The lowest BCUT2D eigenvalue weighted by Gasteiger charge is -2.16. The van der Waals surface area contributed by atoms with Crippen molar-refractivity contribution in [3.8, 4) is 0 Å². The van der Waals surface area contributed by atoms with Crippen molar-refractivity contribution >= 4 is 17.5 Å². The summed E-state index contributed by atoms with van der Waals surface area (Å²) in [6.45, 7) is 2.28. The molecule has 0 spiro atoms. The largest absolute Gasteiger partial charge is 0.334 e. The number of carbonyl (C=O) groups excluding carboxylic acids is 1. The number of H-pyrrole nitrogens is 1. The topological polar surface area (TPSA) is 61.9 Å². The van der Waals surface area contributed by atoms with Crippen molar-refractivity contribution in [2.75, 3.05) is 7.05 Å². The molecule has 0 saturated carbocycles. The van der Waals surface area contributed by atoms with Gasteiger partial charge in [-0.25, -0.2) is 4.98 Å². The maximum atomic E-state index is 12.2. The number of nitrogens with zero attached hydrogens (tertiary/aromatic N) is 3. The first-order chi connectivity index (χ1) is 8.56. The molecule has 0 radical (unpaired) electrons. The summed E-state index contributed by atoms with van der Waals surface area (Å²) in [7, 11) is 1.71. The summed E-state index contributed by atoms with van der Waals surface area (Å²) >= 11 is 5.94. The van der Waals surface area contributed by atoms with E-state index in [4.69, 9.17) is 11.6 Å². The van der Waals surface area contributed by atoms with Crippen molar-refractivity contribution in [1.82, 2.24) is 20.1 Å². The monoisotopic (exact) mass is 264 g/mol. The van der Waals surface area contributed by atoms with Crippen LogP contribution < -0.4 is 0 Å². The van der Waals surface area contributed by atoms with E-state index in [9.17, 15) is 4.79 Å². The Morgan fingerprint density at radius 1 is 1.44 bits per heavy atom. The number of halogens is 1. The number of aryl methyl sites for hydroxylation is 1. The Bertz CT molecular complexity index is 533. The summed E-state index contributed by atoms with van der Waals surface area (Å²) in [4.78, 5) is 17.7. The molecular formula is C12H13ClN4O. The fourth-order valence-corrected chi connectivity index (χ4v) is 1.97. The van der Waals surface area contributed by atoms with Gasteiger partial charge in [-0.1, -0.05) is 11.6 Å². The van der Waals surface area contributed by atoms with Gasteiger partial charge in [0.2, 0.25) is 0 Å². The van der Waals surface area contributed by atoms with E-state index in [2.05, 4.69) is 15.2 Å². The minimum Gasteiger partial charge on any atom is -0.334 e. The van der Waals surface area contributed by atoms with E-state index in [0.29, 0.717) is 23.0 Å². The van der Waals surface area contributed by atoms with E-state index in [1.807, 2.05) is 19.1 Å². The zero-order valence-corrected chi connectivity index (χ0v) is 10.9. The van der Waals surface area contributed by atoms with Crippen LogP contribution in [0.3, 0.4) is 0 Å². The fourth-order valence-electron chi connectivity index (χ4n) is 1.68. The Kier molecular flexibility index (Phi) is 3.62. The number of aromatic amines is 1. The van der Waals surface area contributed by atoms with Crippen LogP contribution in [-0.2, 0) is 6.54 Å². The molecule has 6 heteroatoms. The SMILES string of the molecule is Cc1cc(Cl)cc(C(=O)N(C)Cc2ncn[nH]2)c1. The van der Waals surface area contributed by atoms with Gasteiger partial charge in [0.25, 0.3) is 5.91 Å². The van der Waals surface area contributed by atoms with Crippen molar-refractivity contribution in [1.29, 1.82) is 0 Å². The smallest absolute Gasteiger partial charge is 0.254 e. The molecule has 0 saturated heterocycles. The quantitative estimate of drug-likeness (QED) is 0.923. The molecule has 2 rings (SSSR count). The first-order valence-corrected chi connectivity index (χ1v) is 5.81. The Hall–Kier alpha value is -1.88. The van der Waals surface area contributed by atoms with Crippen molar-refractivity contribution < 1.29 is 4.79 Å². The molecule has 0 bridgehead atoms. The molecule has 0 unspecified atom stereocenters. The Morgan fingerprint density at radius 2 is 2.22 bits per heavy atom. The predicted octanol–water partition coefficient (Wildman–Crippen LogP) is 2.04. The lowest BCUT2D eigenvalue weighted by molar-refractivity contribution is 0.0781. The highest BCUT2D eigenvalue weighted by Crippen LogP contribution is 2.16. The average molecular weight is 265 g/mol. The van der Waals surface area contributed by atoms with Crippen LogP contribution in [0, 0.1) is 6.92 Å². The summed E-state index contributed by atoms with van der Waals surface area (Å²) in [5, 5.41) is 7.02. The van der Waals surface area contributed by atoms with Crippen LogP contribution in [0.4, 0.5) is 0 Å². The van der Waals surface area contributed by atoms with Crippen molar-refractivity contribution in [2.45, 2.75) is 13.5 Å². The van der Waals surface area contributed by atoms with Crippen LogP contribution in [0.15, 0.2) is 24.5 Å². The summed E-state index contributed by atoms with van der Waals surface area (Å²) in [6, 6.07) is 5.29. The first kappa shape index (κ1) is 12.6. The van der Waals surface area contributed by atoms with Crippen LogP contribution in [0.1, 0.15) is 21.7 Å². The van der Waals surface area contributed by atoms with Crippen LogP contribution in [0.2, 0.25) is 5.02 Å². The third-order valence-electron chi connectivity index (χ3n) is 2.49. The number of rotatable bonds is 3. The number of hydrogen-bond acceptors (Lipinski definition) is 3. The van der Waals surface area contributed by atoms with Gasteiger partial charge in [0.15, 0.2) is 0 Å². The molecule has 0 aliphatic carbocycles. The molecule has 0 aliphatic rings. The van der Waals surface area contributed by atoms with Gasteiger partial charge in [0.1, 0.15) is 12.2 Å². The molecule has 1 N–H and O–H groups in total. The molecule has 18 heavy (non-hydrogen) atoms. The Balaban J connectivity index is 2.15. The molecule has 1 heterocycles. The summed E-state index contributed by atoms with van der Waals surface area (Å²) in [5.74, 6) is 0.543. The number of nitrogens with one attached hydrogen (secondary N) is 1. The highest BCUT2D eigenvalue weighted by atomic mass is 35.5. The van der Waals surface area contributed by atoms with Gasteiger partial charge < -0.3 is 4.90 Å². The van der Waals surface area contributed by atoms with Gasteiger partial charge in [-0.15, -0.1) is 0 Å². The summed E-state index contributed by atoms with van der Waals surface area (Å²) < 4.78 is 0. The average Bonchev–Trinajstić information content (AvgIpc) is 2.79. The molecule has 94 valence electrons. The van der Waals surface area contributed by atoms with E-state index >= 15 is 0 Å². The maximum absolute atomic E-state index is 12.2. The van der Waals surface area contributed by atoms with Gasteiger partial charge in [0, 0.05) is 17.6 Å². The van der Waals surface area contributed by atoms with Crippen LogP contribution in [0.25, 0.3) is 0 Å². The highest BCUT2D eigenvalue weighted by Gasteiger charge is 2.14. The normalized spacial score (nSPS) is 10.4. The standard InChI is InChI=1S/C12H13ClN4O/c1-8-3-9(5-10(13)4-8)12(18)17(2)6-11-14-7-15-16-11/h3-5,7H,6H2,1-2H3,(H,14,15,16). The van der Waals surface area contributed by atoms with Gasteiger partial charge in [-0.05, 0) is 30.7 Å². The second kappa shape index (κ2) is 5.18. The molecule has 1 aromatic carbocycles. The second-order valence-corrected chi connectivity index (χ2v) is 4.55. The zero-order valence-electron chi connectivity index (χ0n) is 10.1. The van der Waals surface area contributed by atoms with Crippen molar-refractivity contribution in [3.63, 3.8) is 0 Å². The maximum Gasteiger partial charge on any atom is 0.254 e. The van der Waals surface area contributed by atoms with E-state index < -0.39 is 0 Å². The van der Waals surface area contributed by atoms with Gasteiger partial charge in [0.05, 0.1) is 6.54 Å². The van der Waals surface area contributed by atoms with Crippen LogP contribution >= 0.6 is 11.6 Å². The zero-order chi connectivity index (χ0) is 13.1. The summed E-state index contributed by atoms with van der Waals surface area (Å²) in [5.41, 5.74) is 1.53. The Morgan fingerprint density at radius 3 is 2.83 bits per heavy atom. The number of aromatic nitrogens is 3. The highest BCUT2D eigenvalue weighted by molar-refractivity contribution is 6.31. The molecular weight excluding hydrogens is 252 g/mol. The third kappa shape index (κ3) is 2.87. The Labute approximate surface area is 110 Å². The molecule has 1 aromatic heterocycles. The minimum absolute atomic E-state index is 0.1000. The molecule has 1 amide bonds. The van der Waals surface area contributed by atoms with Gasteiger partial charge in [-0.3, -0.25) is 9.89 Å². The molecule has 0 aliphatic heterocycles. The third-order valence-corrected chi connectivity index (χ3v) is 2.71. The summed E-state index contributed by atoms with van der Waals surface area (Å²) in [6.07, 6.45) is 1.41. The predicted molar refractivity (Wildman–Crippen MR) is 68.4 cm³/mol. The van der Waals surface area contributed by atoms with Gasteiger partial charge in [-0.2, -0.15) is 5.10 Å². The minimum atomic E-state index is -0.1000. The lowest BCUT2D eigenvalue weighted by Crippen LogP contribution is -2.26. The van der Waals surface area contributed by atoms with Crippen molar-refractivity contribution in [2.24, 2.45) is 0 Å². The van der Waals surface area contributed by atoms with Gasteiger partial charge >= 0.3 is 0 Å². The van der Waals surface area contributed by atoms with E-state index in [0.717, 1.165) is 5.56 Å². The number of carbonyl (C=O) groups is 1. The van der Waals surface area contributed by atoms with E-state index in [1.54, 1.807) is 18.0 Å². The number of amides is 1. The van der Waals surface area contributed by atoms with E-state index in [1.165, 1.54) is 6.33 Å². The first-order valence-electron chi connectivity index (χ1n) is 5.43. The number of benzene rings is 1. The van der Waals surface area contributed by atoms with Crippen molar-refractivity contribution in [3.05, 3.63) is 46.5 Å². The molecule has 0 fully saturated rings.